The molecule has 0 aliphatic rings. The van der Waals surface area contributed by atoms with E-state index in [0.29, 0.717) is 12.8 Å². The summed E-state index contributed by atoms with van der Waals surface area (Å²) in [4.78, 5) is 12.5. The molecule has 296 valence electrons. The molecule has 0 rings (SSSR count). The molecule has 2 atom stereocenters. The highest BCUT2D eigenvalue weighted by molar-refractivity contribution is 7.85. The summed E-state index contributed by atoms with van der Waals surface area (Å²) in [6, 6.07) is -0.979. The minimum absolute atomic E-state index is 0.259. The number of nitrogens with one attached hydrogen (secondary N) is 1. The van der Waals surface area contributed by atoms with E-state index in [1.807, 2.05) is 0 Å². The van der Waals surface area contributed by atoms with Crippen LogP contribution >= 0.6 is 0 Å². The van der Waals surface area contributed by atoms with Crippen LogP contribution in [0.5, 0.6) is 0 Å². The molecule has 0 spiro atoms. The van der Waals surface area contributed by atoms with Crippen LogP contribution in [0, 0.1) is 0 Å². The molecule has 0 radical (unpaired) electrons. The van der Waals surface area contributed by atoms with Gasteiger partial charge in [-0.3, -0.25) is 9.35 Å². The number of hydrogen-bond donors (Lipinski definition) is 3. The van der Waals surface area contributed by atoms with Crippen molar-refractivity contribution in [3.05, 3.63) is 60.8 Å². The molecule has 0 aliphatic carbocycles. The molecule has 0 heterocycles. The third-order valence-corrected chi connectivity index (χ3v) is 10.0. The van der Waals surface area contributed by atoms with Crippen LogP contribution < -0.4 is 5.32 Å². The zero-order chi connectivity index (χ0) is 37.5. The fraction of sp³-hybridized carbons (Fsp3) is 0.750. The average Bonchev–Trinajstić information content (AvgIpc) is 3.09. The molecule has 0 aromatic rings. The van der Waals surface area contributed by atoms with E-state index in [1.165, 1.54) is 83.5 Å². The first kappa shape index (κ1) is 49.0. The number of carbonyl (C=O) groups is 1. The third kappa shape index (κ3) is 39.1. The van der Waals surface area contributed by atoms with Gasteiger partial charge in [0.05, 0.1) is 17.9 Å². The molecule has 0 saturated heterocycles. The van der Waals surface area contributed by atoms with Gasteiger partial charge in [-0.1, -0.05) is 190 Å². The van der Waals surface area contributed by atoms with Gasteiger partial charge in [0.2, 0.25) is 5.91 Å². The molecule has 0 aromatic heterocycles. The highest BCUT2D eigenvalue weighted by Gasteiger charge is 2.26. The summed E-state index contributed by atoms with van der Waals surface area (Å²) in [6.45, 7) is 4.40. The Morgan fingerprint density at radius 1 is 0.549 bits per heavy atom. The Labute approximate surface area is 315 Å². The van der Waals surface area contributed by atoms with Gasteiger partial charge in [0.15, 0.2) is 0 Å². The van der Waals surface area contributed by atoms with Crippen molar-refractivity contribution in [3.8, 4) is 0 Å². The molecule has 3 N–H and O–H groups in total. The number of carbonyl (C=O) groups excluding carboxylic acids is 1. The van der Waals surface area contributed by atoms with Gasteiger partial charge in [-0.05, 0) is 57.8 Å². The van der Waals surface area contributed by atoms with E-state index in [4.69, 9.17) is 0 Å². The fourth-order valence-corrected chi connectivity index (χ4v) is 6.89. The van der Waals surface area contributed by atoms with E-state index in [0.717, 1.165) is 83.5 Å². The summed E-state index contributed by atoms with van der Waals surface area (Å²) in [6.07, 6.45) is 51.7. The van der Waals surface area contributed by atoms with Crippen LogP contribution in [0.1, 0.15) is 194 Å². The molecule has 0 aliphatic heterocycles. The standard InChI is InChI=1S/C44H79NO5S/c1-3-5-7-9-11-13-15-17-18-19-20-21-22-23-24-25-26-28-30-32-34-36-38-40-44(47)45-42(41-51(48,49)50)43(46)39-37-35-33-31-29-27-16-14-12-10-8-6-4-2/h5,7,11,13,17-18,20-21,23-24,42-43,46H,3-4,6,8-10,12,14-16,19,22,25-41H2,1-2H3,(H,45,47)(H,48,49,50)/b7-5-,13-11-,18-17-,21-20-,24-23-. The Kier molecular flexibility index (Phi) is 36.3. The summed E-state index contributed by atoms with van der Waals surface area (Å²) in [7, 11) is -4.32. The number of hydrogen-bond acceptors (Lipinski definition) is 4. The van der Waals surface area contributed by atoms with Crippen LogP contribution in [-0.4, -0.2) is 41.9 Å². The Hall–Kier alpha value is -1.96. The van der Waals surface area contributed by atoms with Gasteiger partial charge in [0.1, 0.15) is 0 Å². The highest BCUT2D eigenvalue weighted by atomic mass is 32.2. The normalized spacial score (nSPS) is 13.9. The molecule has 2 unspecified atom stereocenters. The topological polar surface area (TPSA) is 104 Å². The maximum atomic E-state index is 12.5. The third-order valence-electron chi connectivity index (χ3n) is 9.24. The van der Waals surface area contributed by atoms with E-state index in [9.17, 15) is 22.9 Å². The average molecular weight is 734 g/mol. The van der Waals surface area contributed by atoms with Crippen molar-refractivity contribution in [1.29, 1.82) is 0 Å². The van der Waals surface area contributed by atoms with Crippen LogP contribution in [-0.2, 0) is 14.9 Å². The van der Waals surface area contributed by atoms with Crippen molar-refractivity contribution in [1.82, 2.24) is 5.32 Å². The van der Waals surface area contributed by atoms with Crippen LogP contribution in [0.25, 0.3) is 0 Å². The molecular weight excluding hydrogens is 655 g/mol. The summed E-state index contributed by atoms with van der Waals surface area (Å²) in [5.74, 6) is -0.914. The van der Waals surface area contributed by atoms with E-state index in [2.05, 4.69) is 79.9 Å². The van der Waals surface area contributed by atoms with E-state index in [-0.39, 0.29) is 5.91 Å². The van der Waals surface area contributed by atoms with Crippen LogP contribution in [0.4, 0.5) is 0 Å². The Morgan fingerprint density at radius 3 is 1.39 bits per heavy atom. The first-order valence-corrected chi connectivity index (χ1v) is 22.6. The molecule has 7 heteroatoms. The molecule has 0 saturated carbocycles. The van der Waals surface area contributed by atoms with Crippen molar-refractivity contribution >= 4 is 16.0 Å². The lowest BCUT2D eigenvalue weighted by molar-refractivity contribution is -0.122. The van der Waals surface area contributed by atoms with Gasteiger partial charge < -0.3 is 10.4 Å². The van der Waals surface area contributed by atoms with Gasteiger partial charge in [0, 0.05) is 6.42 Å². The molecule has 6 nitrogen and oxygen atoms in total. The molecule has 0 aromatic carbocycles. The van der Waals surface area contributed by atoms with Crippen molar-refractivity contribution in [2.45, 2.75) is 206 Å². The molecular formula is C44H79NO5S. The lowest BCUT2D eigenvalue weighted by Crippen LogP contribution is -2.47. The second-order valence-electron chi connectivity index (χ2n) is 14.2. The minimum Gasteiger partial charge on any atom is -0.391 e. The molecule has 0 bridgehead atoms. The Bertz CT molecular complexity index is 1030. The molecule has 1 amide bonds. The maximum absolute atomic E-state index is 12.5. The molecule has 51 heavy (non-hydrogen) atoms. The quantitative estimate of drug-likeness (QED) is 0.0335. The summed E-state index contributed by atoms with van der Waals surface area (Å²) in [5, 5.41) is 13.3. The predicted octanol–water partition coefficient (Wildman–Crippen LogP) is 12.5. The van der Waals surface area contributed by atoms with Crippen LogP contribution in [0.3, 0.4) is 0 Å². The van der Waals surface area contributed by atoms with Crippen LogP contribution in [0.2, 0.25) is 0 Å². The SMILES string of the molecule is CC/C=C\C/C=C\C/C=C\C/C=C\C/C=C\CCCCCCCCCC(=O)NC(CS(=O)(=O)O)C(O)CCCCCCCCCCCCCCC. The maximum Gasteiger partial charge on any atom is 0.266 e. The zero-order valence-corrected chi connectivity index (χ0v) is 33.8. The van der Waals surface area contributed by atoms with Gasteiger partial charge in [-0.2, -0.15) is 8.42 Å². The predicted molar refractivity (Wildman–Crippen MR) is 221 cm³/mol. The van der Waals surface area contributed by atoms with Crippen molar-refractivity contribution in [3.63, 3.8) is 0 Å². The van der Waals surface area contributed by atoms with Crippen molar-refractivity contribution < 1.29 is 22.9 Å². The van der Waals surface area contributed by atoms with Gasteiger partial charge >= 0.3 is 0 Å². The summed E-state index contributed by atoms with van der Waals surface area (Å²) in [5.41, 5.74) is 0. The lowest BCUT2D eigenvalue weighted by Gasteiger charge is -2.23. The van der Waals surface area contributed by atoms with Gasteiger partial charge in [-0.15, -0.1) is 0 Å². The fourth-order valence-electron chi connectivity index (χ4n) is 6.13. The van der Waals surface area contributed by atoms with E-state index < -0.39 is 28.0 Å². The molecule has 0 fully saturated rings. The number of allylic oxidation sites excluding steroid dienone is 10. The number of amides is 1. The first-order valence-electron chi connectivity index (χ1n) is 21.0. The number of aliphatic hydroxyl groups is 1. The number of unbranched alkanes of at least 4 members (excludes halogenated alkanes) is 19. The van der Waals surface area contributed by atoms with E-state index in [1.54, 1.807) is 0 Å². The zero-order valence-electron chi connectivity index (χ0n) is 33.0. The van der Waals surface area contributed by atoms with Crippen LogP contribution in [0.15, 0.2) is 60.8 Å². The second kappa shape index (κ2) is 37.8. The monoisotopic (exact) mass is 734 g/mol. The second-order valence-corrected chi connectivity index (χ2v) is 15.7. The lowest BCUT2D eigenvalue weighted by atomic mass is 10.0. The Balaban J connectivity index is 3.88. The minimum atomic E-state index is -4.32. The first-order chi connectivity index (χ1) is 24.8. The smallest absolute Gasteiger partial charge is 0.266 e. The number of aliphatic hydroxyl groups excluding tert-OH is 1. The van der Waals surface area contributed by atoms with E-state index >= 15 is 0 Å². The van der Waals surface area contributed by atoms with Crippen molar-refractivity contribution in [2.24, 2.45) is 0 Å². The van der Waals surface area contributed by atoms with Gasteiger partial charge in [0.25, 0.3) is 10.1 Å². The summed E-state index contributed by atoms with van der Waals surface area (Å²) >= 11 is 0. The highest BCUT2D eigenvalue weighted by Crippen LogP contribution is 2.15. The number of rotatable bonds is 37. The largest absolute Gasteiger partial charge is 0.391 e. The van der Waals surface area contributed by atoms with Crippen molar-refractivity contribution in [2.75, 3.05) is 5.75 Å². The summed E-state index contributed by atoms with van der Waals surface area (Å²) < 4.78 is 32.5. The van der Waals surface area contributed by atoms with Gasteiger partial charge in [-0.25, -0.2) is 0 Å². The Morgan fingerprint density at radius 2 is 0.941 bits per heavy atom.